The molecule has 3 nitrogen and oxygen atoms in total. The quantitative estimate of drug-likeness (QED) is 0.763. The van der Waals surface area contributed by atoms with E-state index in [4.69, 9.17) is 9.84 Å². The second kappa shape index (κ2) is 3.48. The van der Waals surface area contributed by atoms with Crippen molar-refractivity contribution in [2.24, 2.45) is 23.2 Å². The van der Waals surface area contributed by atoms with Crippen molar-refractivity contribution in [3.05, 3.63) is 0 Å². The first-order valence-electron chi connectivity index (χ1n) is 5.79. The van der Waals surface area contributed by atoms with Gasteiger partial charge in [0.2, 0.25) is 0 Å². The molecular weight excluding hydrogens is 192 g/mol. The summed E-state index contributed by atoms with van der Waals surface area (Å²) >= 11 is 0. The molecular formula is C12H20O3. The molecule has 2 rings (SSSR count). The molecule has 2 aliphatic rings. The van der Waals surface area contributed by atoms with Gasteiger partial charge >= 0.3 is 5.97 Å². The Balaban J connectivity index is 2.03. The Morgan fingerprint density at radius 1 is 1.47 bits per heavy atom. The molecule has 0 bridgehead atoms. The first-order valence-corrected chi connectivity index (χ1v) is 5.79. The van der Waals surface area contributed by atoms with Crippen LogP contribution in [0.5, 0.6) is 0 Å². The molecule has 86 valence electrons. The van der Waals surface area contributed by atoms with Gasteiger partial charge in [-0.3, -0.25) is 4.79 Å². The van der Waals surface area contributed by atoms with Crippen LogP contribution in [0, 0.1) is 23.2 Å². The Bertz CT molecular complexity index is 272. The number of hydrogen-bond donors (Lipinski definition) is 1. The number of rotatable bonds is 2. The standard InChI is InChI=1S/C12H20O3/c1-7-4-5-15-8(6-7)9-10(11(13)14)12(9,2)3/h7-10H,4-6H2,1-3H3,(H,13,14)/t7-,8+,9?,10?/m1/s1. The predicted molar refractivity (Wildman–Crippen MR) is 56.5 cm³/mol. The van der Waals surface area contributed by atoms with Crippen molar-refractivity contribution in [2.45, 2.75) is 39.7 Å². The maximum Gasteiger partial charge on any atom is 0.307 e. The molecule has 0 aromatic rings. The maximum absolute atomic E-state index is 11.1. The zero-order chi connectivity index (χ0) is 11.2. The topological polar surface area (TPSA) is 46.5 Å². The van der Waals surface area contributed by atoms with Crippen molar-refractivity contribution in [1.82, 2.24) is 0 Å². The summed E-state index contributed by atoms with van der Waals surface area (Å²) in [7, 11) is 0. The Kier molecular flexibility index (Phi) is 2.53. The number of hydrogen-bond acceptors (Lipinski definition) is 2. The van der Waals surface area contributed by atoms with Gasteiger partial charge in [0.15, 0.2) is 0 Å². The van der Waals surface area contributed by atoms with Crippen molar-refractivity contribution in [3.63, 3.8) is 0 Å². The monoisotopic (exact) mass is 212 g/mol. The zero-order valence-electron chi connectivity index (χ0n) is 9.69. The van der Waals surface area contributed by atoms with E-state index in [1.165, 1.54) is 0 Å². The van der Waals surface area contributed by atoms with Crippen LogP contribution in [-0.4, -0.2) is 23.8 Å². The maximum atomic E-state index is 11.1. The smallest absolute Gasteiger partial charge is 0.307 e. The minimum Gasteiger partial charge on any atom is -0.481 e. The van der Waals surface area contributed by atoms with Crippen molar-refractivity contribution < 1.29 is 14.6 Å². The normalized spacial score (nSPS) is 43.7. The van der Waals surface area contributed by atoms with E-state index in [1.807, 2.05) is 13.8 Å². The molecule has 15 heavy (non-hydrogen) atoms. The van der Waals surface area contributed by atoms with Gasteiger partial charge in [-0.05, 0) is 24.2 Å². The highest BCUT2D eigenvalue weighted by Gasteiger charge is 2.65. The lowest BCUT2D eigenvalue weighted by atomic mass is 9.92. The van der Waals surface area contributed by atoms with Crippen molar-refractivity contribution in [3.8, 4) is 0 Å². The Morgan fingerprint density at radius 3 is 2.60 bits per heavy atom. The van der Waals surface area contributed by atoms with Gasteiger partial charge in [0.1, 0.15) is 0 Å². The largest absolute Gasteiger partial charge is 0.481 e. The molecule has 0 aromatic heterocycles. The molecule has 1 heterocycles. The molecule has 1 saturated heterocycles. The Hall–Kier alpha value is -0.570. The van der Waals surface area contributed by atoms with E-state index in [1.54, 1.807) is 0 Å². The molecule has 0 radical (unpaired) electrons. The third-order valence-electron chi connectivity index (χ3n) is 4.15. The number of aliphatic carboxylic acids is 1. The van der Waals surface area contributed by atoms with Gasteiger partial charge in [0.05, 0.1) is 12.0 Å². The SMILES string of the molecule is C[C@@H]1CCO[C@H](C2C(C(=O)O)C2(C)C)C1. The van der Waals surface area contributed by atoms with E-state index in [0.717, 1.165) is 19.4 Å². The van der Waals surface area contributed by atoms with Gasteiger partial charge in [-0.25, -0.2) is 0 Å². The first kappa shape index (κ1) is 10.9. The first-order chi connectivity index (χ1) is 6.94. The number of carboxylic acid groups (broad SMARTS) is 1. The van der Waals surface area contributed by atoms with Gasteiger partial charge in [-0.15, -0.1) is 0 Å². The number of carboxylic acids is 1. The van der Waals surface area contributed by atoms with Crippen LogP contribution < -0.4 is 0 Å². The van der Waals surface area contributed by atoms with Crippen LogP contribution >= 0.6 is 0 Å². The van der Waals surface area contributed by atoms with Crippen LogP contribution in [-0.2, 0) is 9.53 Å². The van der Waals surface area contributed by atoms with Crippen LogP contribution in [0.25, 0.3) is 0 Å². The van der Waals surface area contributed by atoms with Gasteiger partial charge in [-0.2, -0.15) is 0 Å². The van der Waals surface area contributed by atoms with E-state index in [2.05, 4.69) is 6.92 Å². The third-order valence-corrected chi connectivity index (χ3v) is 4.15. The molecule has 1 saturated carbocycles. The molecule has 2 fully saturated rings. The van der Waals surface area contributed by atoms with Gasteiger partial charge in [0, 0.05) is 12.5 Å². The summed E-state index contributed by atoms with van der Waals surface area (Å²) in [5.74, 6) is 0.0342. The fourth-order valence-electron chi connectivity index (χ4n) is 3.10. The highest BCUT2D eigenvalue weighted by atomic mass is 16.5. The summed E-state index contributed by atoms with van der Waals surface area (Å²) in [4.78, 5) is 11.1. The molecule has 1 aliphatic heterocycles. The minimum atomic E-state index is -0.660. The Morgan fingerprint density at radius 2 is 2.13 bits per heavy atom. The average Bonchev–Trinajstić information content (AvgIpc) is 2.69. The summed E-state index contributed by atoms with van der Waals surface area (Å²) in [6.07, 6.45) is 2.31. The van der Waals surface area contributed by atoms with Crippen LogP contribution in [0.3, 0.4) is 0 Å². The number of carbonyl (C=O) groups is 1. The fourth-order valence-corrected chi connectivity index (χ4v) is 3.10. The lowest BCUT2D eigenvalue weighted by Crippen LogP contribution is -2.28. The van der Waals surface area contributed by atoms with E-state index in [0.29, 0.717) is 5.92 Å². The van der Waals surface area contributed by atoms with E-state index in [-0.39, 0.29) is 23.4 Å². The third kappa shape index (κ3) is 1.78. The molecule has 1 N–H and O–H groups in total. The molecule has 4 atom stereocenters. The van der Waals surface area contributed by atoms with Gasteiger partial charge in [-0.1, -0.05) is 20.8 Å². The summed E-state index contributed by atoms with van der Waals surface area (Å²) < 4.78 is 5.72. The van der Waals surface area contributed by atoms with Crippen molar-refractivity contribution >= 4 is 5.97 Å². The second-order valence-corrected chi connectivity index (χ2v) is 5.70. The predicted octanol–water partition coefficient (Wildman–Crippen LogP) is 2.16. The van der Waals surface area contributed by atoms with Crippen LogP contribution in [0.2, 0.25) is 0 Å². The molecule has 2 unspecified atom stereocenters. The lowest BCUT2D eigenvalue weighted by Gasteiger charge is -2.28. The summed E-state index contributed by atoms with van der Waals surface area (Å²) in [6, 6.07) is 0. The van der Waals surface area contributed by atoms with Crippen molar-refractivity contribution in [1.29, 1.82) is 0 Å². The van der Waals surface area contributed by atoms with E-state index in [9.17, 15) is 4.79 Å². The molecule has 3 heteroatoms. The Labute approximate surface area is 90.8 Å². The second-order valence-electron chi connectivity index (χ2n) is 5.70. The summed E-state index contributed by atoms with van der Waals surface area (Å²) in [6.45, 7) is 7.10. The number of ether oxygens (including phenoxy) is 1. The lowest BCUT2D eigenvalue weighted by molar-refractivity contribution is -0.140. The van der Waals surface area contributed by atoms with E-state index < -0.39 is 5.97 Å². The highest BCUT2D eigenvalue weighted by Crippen LogP contribution is 2.61. The summed E-state index contributed by atoms with van der Waals surface area (Å²) in [5.41, 5.74) is -0.0758. The minimum absolute atomic E-state index is 0.0758. The van der Waals surface area contributed by atoms with Crippen LogP contribution in [0.15, 0.2) is 0 Å². The highest BCUT2D eigenvalue weighted by molar-refractivity contribution is 5.75. The van der Waals surface area contributed by atoms with Crippen LogP contribution in [0.1, 0.15) is 33.6 Å². The van der Waals surface area contributed by atoms with E-state index >= 15 is 0 Å². The summed E-state index contributed by atoms with van der Waals surface area (Å²) in [5, 5.41) is 9.10. The molecule has 0 aromatic carbocycles. The van der Waals surface area contributed by atoms with Gasteiger partial charge < -0.3 is 9.84 Å². The van der Waals surface area contributed by atoms with Gasteiger partial charge in [0.25, 0.3) is 0 Å². The van der Waals surface area contributed by atoms with Crippen LogP contribution in [0.4, 0.5) is 0 Å². The van der Waals surface area contributed by atoms with Crippen molar-refractivity contribution in [2.75, 3.05) is 6.61 Å². The molecule has 1 aliphatic carbocycles. The average molecular weight is 212 g/mol. The molecule has 0 amide bonds. The zero-order valence-corrected chi connectivity index (χ0v) is 9.69. The molecule has 0 spiro atoms. The fraction of sp³-hybridized carbons (Fsp3) is 0.917.